The van der Waals surface area contributed by atoms with Gasteiger partial charge in [0.05, 0.1) is 18.6 Å². The van der Waals surface area contributed by atoms with Crippen LogP contribution in [0.2, 0.25) is 0 Å². The lowest BCUT2D eigenvalue weighted by atomic mass is 9.93. The minimum atomic E-state index is -0.995. The van der Waals surface area contributed by atoms with E-state index in [0.717, 1.165) is 6.42 Å². The third-order valence-electron chi connectivity index (χ3n) is 7.50. The maximum absolute atomic E-state index is 13.4. The molecule has 1 aromatic rings. The van der Waals surface area contributed by atoms with E-state index >= 15 is 0 Å². The quantitative estimate of drug-likeness (QED) is 0.0982. The molecule has 51 heavy (non-hydrogen) atoms. The Morgan fingerprint density at radius 3 is 2.08 bits per heavy atom. The first-order chi connectivity index (χ1) is 23.7. The number of ether oxygens (including phenoxy) is 3. The van der Waals surface area contributed by atoms with Crippen LogP contribution in [0, 0.1) is 16.7 Å². The molecule has 0 saturated heterocycles. The van der Waals surface area contributed by atoms with Gasteiger partial charge < -0.3 is 46.1 Å². The number of primary amides is 1. The summed E-state index contributed by atoms with van der Waals surface area (Å²) in [6.07, 6.45) is 0.855. The van der Waals surface area contributed by atoms with E-state index < -0.39 is 41.4 Å². The average Bonchev–Trinajstić information content (AvgIpc) is 3.02. The molecule has 0 aliphatic carbocycles. The number of hydrogen-bond donors (Lipinski definition) is 5. The molecule has 6 amide bonds. The maximum Gasteiger partial charge on any atom is 0.409 e. The molecule has 0 unspecified atom stereocenters. The Kier molecular flexibility index (Phi) is 19.0. The minimum absolute atomic E-state index is 0.0317. The molecule has 1 aromatic carbocycles. The molecule has 0 bridgehead atoms. The summed E-state index contributed by atoms with van der Waals surface area (Å²) < 4.78 is 16.1. The van der Waals surface area contributed by atoms with E-state index in [1.165, 1.54) is 11.9 Å². The van der Waals surface area contributed by atoms with Crippen molar-refractivity contribution in [2.24, 2.45) is 22.5 Å². The van der Waals surface area contributed by atoms with Crippen LogP contribution < -0.4 is 27.0 Å². The number of anilines is 1. The number of urea groups is 1. The normalized spacial score (nSPS) is 12.7. The fourth-order valence-corrected chi connectivity index (χ4v) is 4.23. The Balaban J connectivity index is 2.79. The zero-order chi connectivity index (χ0) is 38.8. The molecule has 0 aromatic heterocycles. The topological polar surface area (TPSA) is 207 Å². The third kappa shape index (κ3) is 19.5. The van der Waals surface area contributed by atoms with Crippen molar-refractivity contribution in [1.29, 1.82) is 0 Å². The highest BCUT2D eigenvalue weighted by molar-refractivity contribution is 5.98. The molecule has 15 nitrogen and oxygen atoms in total. The molecule has 0 aliphatic rings. The lowest BCUT2D eigenvalue weighted by Crippen LogP contribution is -2.54. The highest BCUT2D eigenvalue weighted by Crippen LogP contribution is 2.18. The molecule has 0 saturated carbocycles. The van der Waals surface area contributed by atoms with Crippen LogP contribution in [0.25, 0.3) is 0 Å². The minimum Gasteiger partial charge on any atom is -0.463 e. The molecule has 2 atom stereocenters. The summed E-state index contributed by atoms with van der Waals surface area (Å²) in [6.45, 7) is 16.2. The van der Waals surface area contributed by atoms with Gasteiger partial charge >= 0.3 is 18.1 Å². The van der Waals surface area contributed by atoms with Crippen molar-refractivity contribution in [2.45, 2.75) is 99.8 Å². The molecule has 15 heteroatoms. The van der Waals surface area contributed by atoms with Gasteiger partial charge in [-0.1, -0.05) is 46.8 Å². The monoisotopic (exact) mass is 720 g/mol. The van der Waals surface area contributed by atoms with Crippen LogP contribution in [0.1, 0.15) is 86.6 Å². The predicted octanol–water partition coefficient (Wildman–Crippen LogP) is 3.70. The van der Waals surface area contributed by atoms with Crippen LogP contribution >= 0.6 is 0 Å². The summed E-state index contributed by atoms with van der Waals surface area (Å²) in [6, 6.07) is 4.01. The number of carbonyl (C=O) groups excluding carboxylic acids is 6. The second-order valence-electron chi connectivity index (χ2n) is 15.0. The SMILES string of the molecule is CC(C)[C@@H](NC(=O)CCOCCC(C)(C)C)C(=O)N[C@@H](CCCNC(N)=O)C(=O)Nc1ccc(COC(=O)N(C)CCOC(=O)C(C)(C)C)cc1. The number of nitrogens with two attached hydrogens (primary N) is 1. The van der Waals surface area contributed by atoms with Crippen LogP contribution in [0.3, 0.4) is 0 Å². The molecule has 0 radical (unpaired) electrons. The van der Waals surface area contributed by atoms with E-state index in [9.17, 15) is 28.8 Å². The van der Waals surface area contributed by atoms with E-state index in [4.69, 9.17) is 19.9 Å². The number of nitrogens with one attached hydrogen (secondary N) is 4. The number of benzene rings is 1. The Bertz CT molecular complexity index is 1290. The molecule has 6 N–H and O–H groups in total. The van der Waals surface area contributed by atoms with Gasteiger partial charge in [0.15, 0.2) is 0 Å². The molecule has 1 rings (SSSR count). The zero-order valence-corrected chi connectivity index (χ0v) is 31.8. The van der Waals surface area contributed by atoms with Crippen LogP contribution in [-0.2, 0) is 40.0 Å². The molecule has 0 aliphatic heterocycles. The van der Waals surface area contributed by atoms with Crippen molar-refractivity contribution >= 4 is 41.5 Å². The van der Waals surface area contributed by atoms with Gasteiger partial charge in [0.1, 0.15) is 25.3 Å². The van der Waals surface area contributed by atoms with Gasteiger partial charge in [0.2, 0.25) is 17.7 Å². The number of esters is 1. The molecule has 0 heterocycles. The number of amides is 6. The van der Waals surface area contributed by atoms with Gasteiger partial charge in [0, 0.05) is 32.3 Å². The standard InChI is InChI=1S/C36H60N6O9/c1-24(2)29(41-28(43)16-20-49-21-17-35(3,4)5)31(45)40-27(11-10-18-38-33(37)47)30(44)39-26-14-12-25(13-15-26)23-51-34(48)42(9)19-22-50-32(46)36(6,7)8/h12-15,24,27,29H,10-11,16-23H2,1-9H3,(H,39,44)(H,40,45)(H,41,43)(H3,37,38,47)/t27-,29+/m0/s1. The second kappa shape index (κ2) is 21.7. The lowest BCUT2D eigenvalue weighted by Gasteiger charge is -2.25. The van der Waals surface area contributed by atoms with E-state index in [2.05, 4.69) is 42.0 Å². The summed E-state index contributed by atoms with van der Waals surface area (Å²) in [4.78, 5) is 76.1. The summed E-state index contributed by atoms with van der Waals surface area (Å²) >= 11 is 0. The fourth-order valence-electron chi connectivity index (χ4n) is 4.23. The number of rotatable bonds is 20. The summed E-state index contributed by atoms with van der Waals surface area (Å²) in [5.41, 5.74) is 5.73. The molecule has 0 spiro atoms. The van der Waals surface area contributed by atoms with Crippen LogP contribution in [0.15, 0.2) is 24.3 Å². The maximum atomic E-state index is 13.4. The highest BCUT2D eigenvalue weighted by atomic mass is 16.6. The Labute approximate surface area is 302 Å². The number of carbonyl (C=O) groups is 6. The summed E-state index contributed by atoms with van der Waals surface area (Å²) in [5, 5.41) is 10.8. The number of likely N-dealkylation sites (N-methyl/N-ethyl adjacent to an activating group) is 1. The van der Waals surface area contributed by atoms with Crippen LogP contribution in [0.4, 0.5) is 15.3 Å². The lowest BCUT2D eigenvalue weighted by molar-refractivity contribution is -0.153. The van der Waals surface area contributed by atoms with Gasteiger partial charge in [-0.3, -0.25) is 19.2 Å². The Morgan fingerprint density at radius 1 is 0.863 bits per heavy atom. The van der Waals surface area contributed by atoms with Gasteiger partial charge in [-0.05, 0) is 69.1 Å². The van der Waals surface area contributed by atoms with Crippen molar-refractivity contribution in [1.82, 2.24) is 20.9 Å². The first-order valence-corrected chi connectivity index (χ1v) is 17.3. The van der Waals surface area contributed by atoms with Crippen molar-refractivity contribution in [3.8, 4) is 0 Å². The molecular weight excluding hydrogens is 660 g/mol. The molecule has 0 fully saturated rings. The predicted molar refractivity (Wildman–Crippen MR) is 193 cm³/mol. The number of nitrogens with zero attached hydrogens (tertiary/aromatic N) is 1. The number of hydrogen-bond acceptors (Lipinski definition) is 9. The third-order valence-corrected chi connectivity index (χ3v) is 7.50. The van der Waals surface area contributed by atoms with Crippen LogP contribution in [-0.4, -0.2) is 92.8 Å². The van der Waals surface area contributed by atoms with Gasteiger partial charge in [-0.25, -0.2) is 9.59 Å². The first-order valence-electron chi connectivity index (χ1n) is 17.3. The van der Waals surface area contributed by atoms with E-state index in [1.54, 1.807) is 58.9 Å². The van der Waals surface area contributed by atoms with Gasteiger partial charge in [-0.2, -0.15) is 0 Å². The smallest absolute Gasteiger partial charge is 0.409 e. The van der Waals surface area contributed by atoms with Crippen molar-refractivity contribution in [3.05, 3.63) is 29.8 Å². The van der Waals surface area contributed by atoms with Gasteiger partial charge in [-0.15, -0.1) is 0 Å². The second-order valence-corrected chi connectivity index (χ2v) is 15.0. The van der Waals surface area contributed by atoms with Crippen molar-refractivity contribution in [2.75, 3.05) is 45.3 Å². The summed E-state index contributed by atoms with van der Waals surface area (Å²) in [5.74, 6) is -2.01. The van der Waals surface area contributed by atoms with Gasteiger partial charge in [0.25, 0.3) is 0 Å². The largest absolute Gasteiger partial charge is 0.463 e. The van der Waals surface area contributed by atoms with E-state index in [0.29, 0.717) is 24.3 Å². The van der Waals surface area contributed by atoms with Crippen molar-refractivity contribution < 1.29 is 43.0 Å². The molecule has 288 valence electrons. The Hall–Kier alpha value is -4.40. The van der Waals surface area contributed by atoms with Crippen LogP contribution in [0.5, 0.6) is 0 Å². The average molecular weight is 721 g/mol. The van der Waals surface area contributed by atoms with E-state index in [-0.39, 0.29) is 69.0 Å². The highest BCUT2D eigenvalue weighted by Gasteiger charge is 2.29. The zero-order valence-electron chi connectivity index (χ0n) is 31.8. The summed E-state index contributed by atoms with van der Waals surface area (Å²) in [7, 11) is 1.54. The fraction of sp³-hybridized carbons (Fsp3) is 0.667. The first kappa shape index (κ1) is 44.6. The molecular formula is C36H60N6O9. The van der Waals surface area contributed by atoms with Crippen molar-refractivity contribution in [3.63, 3.8) is 0 Å². The Morgan fingerprint density at radius 2 is 1.51 bits per heavy atom. The van der Waals surface area contributed by atoms with E-state index in [1.807, 2.05) is 0 Å².